The van der Waals surface area contributed by atoms with Crippen molar-refractivity contribution in [2.75, 3.05) is 7.11 Å². The molecule has 1 atom stereocenters. The van der Waals surface area contributed by atoms with Crippen LogP contribution in [0.1, 0.15) is 71.6 Å². The lowest BCUT2D eigenvalue weighted by Gasteiger charge is -2.07. The van der Waals surface area contributed by atoms with Crippen molar-refractivity contribution < 1.29 is 9.53 Å². The molecule has 0 aliphatic carbocycles. The fourth-order valence-electron chi connectivity index (χ4n) is 1.78. The van der Waals surface area contributed by atoms with Gasteiger partial charge in [0.05, 0.1) is 7.11 Å². The molecule has 0 aromatic rings. The van der Waals surface area contributed by atoms with E-state index in [2.05, 4.69) is 18.6 Å². The van der Waals surface area contributed by atoms with E-state index >= 15 is 0 Å². The SMILES string of the molecule is CCC(C)CCCCCCCCC(=O)OC. The van der Waals surface area contributed by atoms with E-state index in [-0.39, 0.29) is 5.97 Å². The molecule has 0 rings (SSSR count). The van der Waals surface area contributed by atoms with Crippen LogP contribution < -0.4 is 0 Å². The third-order valence-corrected chi connectivity index (χ3v) is 3.25. The van der Waals surface area contributed by atoms with E-state index in [1.165, 1.54) is 52.1 Å². The fourth-order valence-corrected chi connectivity index (χ4v) is 1.78. The smallest absolute Gasteiger partial charge is 0.305 e. The van der Waals surface area contributed by atoms with Crippen LogP contribution in [0.3, 0.4) is 0 Å². The standard InChI is InChI=1S/C14H28O2/c1-4-13(2)11-9-7-5-6-8-10-12-14(15)16-3/h13H,4-12H2,1-3H3. The zero-order chi connectivity index (χ0) is 12.2. The van der Waals surface area contributed by atoms with Crippen molar-refractivity contribution in [1.29, 1.82) is 0 Å². The number of hydrogen-bond donors (Lipinski definition) is 0. The molecule has 2 nitrogen and oxygen atoms in total. The van der Waals surface area contributed by atoms with Gasteiger partial charge in [-0.2, -0.15) is 0 Å². The molecule has 0 heterocycles. The molecule has 0 aliphatic heterocycles. The van der Waals surface area contributed by atoms with Crippen LogP contribution in [0.4, 0.5) is 0 Å². The van der Waals surface area contributed by atoms with Crippen LogP contribution in [0, 0.1) is 5.92 Å². The lowest BCUT2D eigenvalue weighted by molar-refractivity contribution is -0.140. The van der Waals surface area contributed by atoms with Gasteiger partial charge in [-0.15, -0.1) is 0 Å². The fraction of sp³-hybridized carbons (Fsp3) is 0.929. The number of esters is 1. The van der Waals surface area contributed by atoms with E-state index < -0.39 is 0 Å². The van der Waals surface area contributed by atoms with E-state index in [4.69, 9.17) is 0 Å². The van der Waals surface area contributed by atoms with E-state index in [1.54, 1.807) is 0 Å². The summed E-state index contributed by atoms with van der Waals surface area (Å²) >= 11 is 0. The molecule has 1 unspecified atom stereocenters. The Labute approximate surface area is 101 Å². The highest BCUT2D eigenvalue weighted by atomic mass is 16.5. The first kappa shape index (κ1) is 15.5. The van der Waals surface area contributed by atoms with Crippen LogP contribution in [-0.4, -0.2) is 13.1 Å². The van der Waals surface area contributed by atoms with Gasteiger partial charge in [-0.25, -0.2) is 0 Å². The molecule has 0 spiro atoms. The van der Waals surface area contributed by atoms with Gasteiger partial charge < -0.3 is 4.74 Å². The maximum Gasteiger partial charge on any atom is 0.305 e. The maximum absolute atomic E-state index is 10.8. The number of ether oxygens (including phenoxy) is 1. The highest BCUT2D eigenvalue weighted by Gasteiger charge is 2.00. The molecular weight excluding hydrogens is 200 g/mol. The minimum absolute atomic E-state index is 0.0724. The summed E-state index contributed by atoms with van der Waals surface area (Å²) in [5.41, 5.74) is 0. The number of carbonyl (C=O) groups is 1. The lowest BCUT2D eigenvalue weighted by Crippen LogP contribution is -1.99. The number of rotatable bonds is 10. The van der Waals surface area contributed by atoms with Crippen molar-refractivity contribution in [3.05, 3.63) is 0 Å². The number of carbonyl (C=O) groups excluding carboxylic acids is 1. The zero-order valence-corrected chi connectivity index (χ0v) is 11.3. The molecule has 0 saturated heterocycles. The monoisotopic (exact) mass is 228 g/mol. The van der Waals surface area contributed by atoms with Crippen LogP contribution in [0.2, 0.25) is 0 Å². The molecule has 0 amide bonds. The van der Waals surface area contributed by atoms with Crippen molar-refractivity contribution in [2.24, 2.45) is 5.92 Å². The molecule has 2 heteroatoms. The van der Waals surface area contributed by atoms with Crippen molar-refractivity contribution >= 4 is 5.97 Å². The van der Waals surface area contributed by atoms with Gasteiger partial charge in [-0.3, -0.25) is 4.79 Å². The highest BCUT2D eigenvalue weighted by Crippen LogP contribution is 2.14. The summed E-state index contributed by atoms with van der Waals surface area (Å²) in [6.07, 6.45) is 10.7. The van der Waals surface area contributed by atoms with Gasteiger partial charge in [0.25, 0.3) is 0 Å². The second-order valence-corrected chi connectivity index (χ2v) is 4.75. The predicted octanol–water partition coefficient (Wildman–Crippen LogP) is 4.33. The van der Waals surface area contributed by atoms with Crippen LogP contribution in [-0.2, 0) is 9.53 Å². The summed E-state index contributed by atoms with van der Waals surface area (Å²) in [7, 11) is 1.46. The molecular formula is C14H28O2. The van der Waals surface area contributed by atoms with Crippen molar-refractivity contribution in [3.63, 3.8) is 0 Å². The van der Waals surface area contributed by atoms with Crippen molar-refractivity contribution in [1.82, 2.24) is 0 Å². The van der Waals surface area contributed by atoms with E-state index in [0.717, 1.165) is 12.3 Å². The summed E-state index contributed by atoms with van der Waals surface area (Å²) in [5, 5.41) is 0. The lowest BCUT2D eigenvalue weighted by atomic mass is 10.00. The maximum atomic E-state index is 10.8. The zero-order valence-electron chi connectivity index (χ0n) is 11.3. The Bertz CT molecular complexity index is 166. The molecule has 0 radical (unpaired) electrons. The average Bonchev–Trinajstić information content (AvgIpc) is 2.31. The summed E-state index contributed by atoms with van der Waals surface area (Å²) in [6.45, 7) is 4.59. The van der Waals surface area contributed by atoms with Crippen LogP contribution in [0.25, 0.3) is 0 Å². The Kier molecular flexibility index (Phi) is 10.6. The summed E-state index contributed by atoms with van der Waals surface area (Å²) in [5.74, 6) is 0.816. The van der Waals surface area contributed by atoms with Gasteiger partial charge in [-0.05, 0) is 12.3 Å². The first-order chi connectivity index (χ1) is 7.70. The van der Waals surface area contributed by atoms with E-state index in [1.807, 2.05) is 0 Å². The topological polar surface area (TPSA) is 26.3 Å². The molecule has 0 aliphatic rings. The second-order valence-electron chi connectivity index (χ2n) is 4.75. The van der Waals surface area contributed by atoms with Crippen LogP contribution in [0.15, 0.2) is 0 Å². The molecule has 0 aromatic heterocycles. The Morgan fingerprint density at radius 1 is 1.06 bits per heavy atom. The number of unbranched alkanes of at least 4 members (excludes halogenated alkanes) is 5. The summed E-state index contributed by atoms with van der Waals surface area (Å²) < 4.78 is 4.60. The summed E-state index contributed by atoms with van der Waals surface area (Å²) in [4.78, 5) is 10.8. The molecule has 0 bridgehead atoms. The summed E-state index contributed by atoms with van der Waals surface area (Å²) in [6, 6.07) is 0. The van der Waals surface area contributed by atoms with E-state index in [0.29, 0.717) is 6.42 Å². The average molecular weight is 228 g/mol. The van der Waals surface area contributed by atoms with Gasteiger partial charge in [0.15, 0.2) is 0 Å². The van der Waals surface area contributed by atoms with Gasteiger partial charge in [0, 0.05) is 6.42 Å². The molecule has 0 aromatic carbocycles. The molecule has 0 fully saturated rings. The van der Waals surface area contributed by atoms with Crippen LogP contribution >= 0.6 is 0 Å². The molecule has 16 heavy (non-hydrogen) atoms. The van der Waals surface area contributed by atoms with Gasteiger partial charge in [0.2, 0.25) is 0 Å². The Hall–Kier alpha value is -0.530. The highest BCUT2D eigenvalue weighted by molar-refractivity contribution is 5.68. The second kappa shape index (κ2) is 11.0. The van der Waals surface area contributed by atoms with Crippen molar-refractivity contribution in [3.8, 4) is 0 Å². The minimum Gasteiger partial charge on any atom is -0.469 e. The normalized spacial score (nSPS) is 12.4. The number of hydrogen-bond acceptors (Lipinski definition) is 2. The van der Waals surface area contributed by atoms with Gasteiger partial charge >= 0.3 is 5.97 Å². The van der Waals surface area contributed by atoms with Gasteiger partial charge in [0.1, 0.15) is 0 Å². The first-order valence-electron chi connectivity index (χ1n) is 6.77. The molecule has 0 saturated carbocycles. The number of methoxy groups -OCH3 is 1. The minimum atomic E-state index is -0.0724. The Morgan fingerprint density at radius 3 is 2.19 bits per heavy atom. The third kappa shape index (κ3) is 10.0. The van der Waals surface area contributed by atoms with Crippen molar-refractivity contribution in [2.45, 2.75) is 71.6 Å². The Balaban J connectivity index is 3.07. The van der Waals surface area contributed by atoms with E-state index in [9.17, 15) is 4.79 Å². The van der Waals surface area contributed by atoms with Crippen LogP contribution in [0.5, 0.6) is 0 Å². The largest absolute Gasteiger partial charge is 0.469 e. The molecule has 0 N–H and O–H groups in total. The molecule has 96 valence electrons. The predicted molar refractivity (Wildman–Crippen MR) is 68.4 cm³/mol. The Morgan fingerprint density at radius 2 is 1.62 bits per heavy atom. The first-order valence-corrected chi connectivity index (χ1v) is 6.77. The van der Waals surface area contributed by atoms with Gasteiger partial charge in [-0.1, -0.05) is 58.8 Å². The third-order valence-electron chi connectivity index (χ3n) is 3.25. The quantitative estimate of drug-likeness (QED) is 0.411.